The summed E-state index contributed by atoms with van der Waals surface area (Å²) in [7, 11) is 0. The molecule has 6 bridgehead atoms. The molecule has 0 aromatic heterocycles. The van der Waals surface area contributed by atoms with Gasteiger partial charge in [-0.2, -0.15) is 0 Å². The summed E-state index contributed by atoms with van der Waals surface area (Å²) in [4.78, 5) is 0. The number of nitrogens with one attached hydrogen (secondary N) is 6. The second-order valence-electron chi connectivity index (χ2n) is 23.7. The highest BCUT2D eigenvalue weighted by Crippen LogP contribution is 2.35. The first-order valence-corrected chi connectivity index (χ1v) is 31.3. The lowest BCUT2D eigenvalue weighted by atomic mass is 9.85. The van der Waals surface area contributed by atoms with Crippen LogP contribution in [0.25, 0.3) is 0 Å². The van der Waals surface area contributed by atoms with Crippen LogP contribution in [0.2, 0.25) is 0 Å². The quantitative estimate of drug-likeness (QED) is 0.0763. The fourth-order valence-corrected chi connectivity index (χ4v) is 13.5. The van der Waals surface area contributed by atoms with Gasteiger partial charge in [0.25, 0.3) is 0 Å². The third-order valence-corrected chi connectivity index (χ3v) is 18.1. The molecule has 3 aromatic carbocycles. The number of benzene rings is 3. The largest absolute Gasteiger partial charge is 0.306 e. The van der Waals surface area contributed by atoms with Crippen molar-refractivity contribution < 1.29 is 0 Å². The number of hydrogen-bond acceptors (Lipinski definition) is 6. The maximum atomic E-state index is 4.38. The Morgan fingerprint density at radius 2 is 0.389 bits per heavy atom. The summed E-state index contributed by atoms with van der Waals surface area (Å²) in [5.74, 6) is 0. The Morgan fingerprint density at radius 1 is 0.250 bits per heavy atom. The number of hydrogen-bond donors (Lipinski definition) is 6. The van der Waals surface area contributed by atoms with Gasteiger partial charge in [0.1, 0.15) is 0 Å². The van der Waals surface area contributed by atoms with Crippen LogP contribution in [-0.4, -0.2) is 36.3 Å². The first-order chi connectivity index (χ1) is 35.4. The second kappa shape index (κ2) is 31.5. The third kappa shape index (κ3) is 17.0. The molecule has 12 atom stereocenters. The van der Waals surface area contributed by atoms with Gasteiger partial charge in [-0.3, -0.25) is 0 Å². The van der Waals surface area contributed by atoms with E-state index in [4.69, 9.17) is 0 Å². The molecule has 72 heavy (non-hydrogen) atoms. The lowest BCUT2D eigenvalue weighted by molar-refractivity contribution is 0.235. The Kier molecular flexibility index (Phi) is 25.0. The average Bonchev–Trinajstić information content (AvgIpc) is 3.42. The maximum Gasteiger partial charge on any atom is 0.0323 e. The van der Waals surface area contributed by atoms with E-state index in [2.05, 4.69) is 146 Å². The van der Waals surface area contributed by atoms with Crippen LogP contribution < -0.4 is 31.9 Å². The molecule has 3 saturated carbocycles. The smallest absolute Gasteiger partial charge is 0.0323 e. The summed E-state index contributed by atoms with van der Waals surface area (Å²) < 4.78 is 0. The van der Waals surface area contributed by atoms with Crippen molar-refractivity contribution in [3.05, 3.63) is 106 Å². The standard InChI is InChI=1S/C66H108N6/c1-7-13-25-55-49-37-39-50(40-38-49)56(26-14-8-2)69-63-33-21-22-34-64(63)70-59(29-17-11-5)53-45-47-54(48-46-53)60(30-18-12-6)72-66-36-24-23-35-65(66)71-58(28-16-10-4)52-43-41-51(42-44-52)57(27-15-9-3)68-62-32-20-19-31-61(62)67-55/h37-48,55-72H,7-36H2,1-6H3/t55-,56-,57-,58-,59-,60-,61-,62-,63-,64-,65-,66-/m1/s1. The van der Waals surface area contributed by atoms with Gasteiger partial charge in [-0.25, -0.2) is 0 Å². The molecular weight excluding hydrogens is 877 g/mol. The molecule has 4 aliphatic heterocycles. The minimum atomic E-state index is 0.372. The molecule has 0 amide bonds. The lowest BCUT2D eigenvalue weighted by Crippen LogP contribution is -2.52. The van der Waals surface area contributed by atoms with Crippen LogP contribution in [0.4, 0.5) is 0 Å². The molecule has 3 fully saturated rings. The zero-order chi connectivity index (χ0) is 50.3. The van der Waals surface area contributed by atoms with Gasteiger partial charge in [-0.05, 0) is 110 Å². The normalized spacial score (nSPS) is 30.1. The summed E-state index contributed by atoms with van der Waals surface area (Å²) in [5, 5.41) is 26.3. The molecule has 0 spiro atoms. The number of fused-ring (bicyclic) bond motifs is 3. The number of unbranched alkanes of at least 4 members (excludes halogenated alkanes) is 6. The van der Waals surface area contributed by atoms with Crippen molar-refractivity contribution in [3.8, 4) is 0 Å². The Bertz CT molecular complexity index is 1530. The molecule has 0 saturated heterocycles. The predicted octanol–water partition coefficient (Wildman–Crippen LogP) is 17.0. The van der Waals surface area contributed by atoms with Crippen molar-refractivity contribution in [1.29, 1.82) is 0 Å². The Morgan fingerprint density at radius 3 is 0.514 bits per heavy atom. The van der Waals surface area contributed by atoms with Gasteiger partial charge in [0, 0.05) is 72.5 Å². The Labute approximate surface area is 442 Å². The first-order valence-electron chi connectivity index (χ1n) is 31.3. The zero-order valence-electron chi connectivity index (χ0n) is 47.1. The molecule has 6 N–H and O–H groups in total. The summed E-state index contributed by atoms with van der Waals surface area (Å²) >= 11 is 0. The van der Waals surface area contributed by atoms with E-state index in [1.807, 2.05) is 0 Å². The molecule has 10 rings (SSSR count). The summed E-state index contributed by atoms with van der Waals surface area (Å²) in [5.41, 5.74) is 8.85. The molecule has 402 valence electrons. The van der Waals surface area contributed by atoms with Gasteiger partial charge >= 0.3 is 0 Å². The topological polar surface area (TPSA) is 72.2 Å². The van der Waals surface area contributed by atoms with Crippen molar-refractivity contribution in [2.45, 2.75) is 307 Å². The predicted molar refractivity (Wildman–Crippen MR) is 310 cm³/mol. The SMILES string of the molecule is CCCC[C@H]1N[C@@H]2CCCC[C@H]2N[C@H](CCCC)c2ccc(cc2)[C@@H](CCCC)N[C@@H]2CCCC[C@H]2N[C@H](CCCC)c2ccc(cc2)[C@@H](CCCC)N[C@@H]2CCCC[C@H]2N[C@H](CCCC)c2ccc1cc2. The van der Waals surface area contributed by atoms with Crippen molar-refractivity contribution in [2.75, 3.05) is 0 Å². The van der Waals surface area contributed by atoms with E-state index in [0.29, 0.717) is 72.5 Å². The fourth-order valence-electron chi connectivity index (χ4n) is 13.5. The monoisotopic (exact) mass is 985 g/mol. The van der Waals surface area contributed by atoms with E-state index >= 15 is 0 Å². The zero-order valence-corrected chi connectivity index (χ0v) is 47.1. The van der Waals surface area contributed by atoms with Crippen molar-refractivity contribution >= 4 is 0 Å². The molecule has 0 radical (unpaired) electrons. The highest BCUT2D eigenvalue weighted by Gasteiger charge is 2.34. The number of rotatable bonds is 18. The molecule has 0 unspecified atom stereocenters. The molecule has 3 aromatic rings. The second-order valence-corrected chi connectivity index (χ2v) is 23.7. The Balaban J connectivity index is 1.24. The highest BCUT2D eigenvalue weighted by molar-refractivity contribution is 5.31. The van der Waals surface area contributed by atoms with Crippen LogP contribution in [0.5, 0.6) is 0 Å². The van der Waals surface area contributed by atoms with Gasteiger partial charge in [0.2, 0.25) is 0 Å². The highest BCUT2D eigenvalue weighted by atomic mass is 15.1. The van der Waals surface area contributed by atoms with Crippen LogP contribution in [0.1, 0.15) is 304 Å². The van der Waals surface area contributed by atoms with Crippen LogP contribution in [0.15, 0.2) is 72.8 Å². The van der Waals surface area contributed by atoms with Crippen molar-refractivity contribution in [2.24, 2.45) is 0 Å². The minimum absolute atomic E-state index is 0.372. The minimum Gasteiger partial charge on any atom is -0.306 e. The molecular formula is C66H108N6. The molecule has 3 aliphatic carbocycles. The van der Waals surface area contributed by atoms with E-state index in [-0.39, 0.29) is 0 Å². The third-order valence-electron chi connectivity index (χ3n) is 18.1. The lowest BCUT2D eigenvalue weighted by Gasteiger charge is -2.39. The Hall–Kier alpha value is -2.58. The molecule has 6 nitrogen and oxygen atoms in total. The summed E-state index contributed by atoms with van der Waals surface area (Å²) in [6.45, 7) is 14.2. The summed E-state index contributed by atoms with van der Waals surface area (Å²) in [6, 6.07) is 35.2. The van der Waals surface area contributed by atoms with Crippen LogP contribution in [0, 0.1) is 0 Å². The van der Waals surface area contributed by atoms with Crippen LogP contribution in [-0.2, 0) is 0 Å². The van der Waals surface area contributed by atoms with Crippen LogP contribution >= 0.6 is 0 Å². The summed E-state index contributed by atoms with van der Waals surface area (Å²) in [6.07, 6.45) is 37.5. The van der Waals surface area contributed by atoms with Crippen LogP contribution in [0.3, 0.4) is 0 Å². The van der Waals surface area contributed by atoms with E-state index in [0.717, 1.165) is 0 Å². The molecule has 4 heterocycles. The average molecular weight is 986 g/mol. The molecule has 7 aliphatic rings. The van der Waals surface area contributed by atoms with Gasteiger partial charge in [-0.15, -0.1) is 0 Å². The van der Waals surface area contributed by atoms with E-state index in [1.54, 1.807) is 0 Å². The van der Waals surface area contributed by atoms with Crippen molar-refractivity contribution in [1.82, 2.24) is 31.9 Å². The van der Waals surface area contributed by atoms with Gasteiger partial charge < -0.3 is 31.9 Å². The fraction of sp³-hybridized carbons (Fsp3) is 0.727. The van der Waals surface area contributed by atoms with Crippen molar-refractivity contribution in [3.63, 3.8) is 0 Å². The van der Waals surface area contributed by atoms with E-state index in [1.165, 1.54) is 226 Å². The van der Waals surface area contributed by atoms with Gasteiger partial charge in [0.15, 0.2) is 0 Å². The maximum absolute atomic E-state index is 4.38. The van der Waals surface area contributed by atoms with E-state index < -0.39 is 0 Å². The van der Waals surface area contributed by atoms with Gasteiger partial charge in [0.05, 0.1) is 0 Å². The first kappa shape index (κ1) is 57.1. The van der Waals surface area contributed by atoms with E-state index in [9.17, 15) is 0 Å². The van der Waals surface area contributed by atoms with Gasteiger partial charge in [-0.1, -0.05) is 230 Å². The molecule has 6 heteroatoms.